The van der Waals surface area contributed by atoms with Gasteiger partial charge < -0.3 is 9.47 Å². The Labute approximate surface area is 159 Å². The molecule has 0 bridgehead atoms. The van der Waals surface area contributed by atoms with Gasteiger partial charge in [0, 0.05) is 5.69 Å². The third-order valence-electron chi connectivity index (χ3n) is 4.16. The fourth-order valence-electron chi connectivity index (χ4n) is 2.64. The molecule has 0 spiro atoms. The minimum atomic E-state index is -3.63. The molecule has 0 atom stereocenters. The highest BCUT2D eigenvalue weighted by molar-refractivity contribution is 7.92. The number of sulfonamides is 1. The highest BCUT2D eigenvalue weighted by Crippen LogP contribution is 2.23. The maximum Gasteiger partial charge on any atom is 0.407 e. The second kappa shape index (κ2) is 8.30. The summed E-state index contributed by atoms with van der Waals surface area (Å²) in [5.74, 6) is 0. The van der Waals surface area contributed by atoms with E-state index in [-0.39, 0.29) is 17.7 Å². The van der Waals surface area contributed by atoms with Crippen molar-refractivity contribution in [1.29, 1.82) is 0 Å². The quantitative estimate of drug-likeness (QED) is 0.783. The van der Waals surface area contributed by atoms with Crippen molar-refractivity contribution in [3.05, 3.63) is 54.1 Å². The zero-order valence-corrected chi connectivity index (χ0v) is 16.2. The van der Waals surface area contributed by atoms with E-state index in [1.54, 1.807) is 41.4 Å². The minimum absolute atomic E-state index is 0.196. The molecule has 27 heavy (non-hydrogen) atoms. The molecule has 0 aromatic heterocycles. The van der Waals surface area contributed by atoms with E-state index in [4.69, 9.17) is 9.47 Å². The van der Waals surface area contributed by atoms with Crippen molar-refractivity contribution in [3.8, 4) is 0 Å². The molecule has 1 heterocycles. The van der Waals surface area contributed by atoms with E-state index in [0.717, 1.165) is 30.5 Å². The van der Waals surface area contributed by atoms with Crippen LogP contribution in [0.4, 0.5) is 11.4 Å². The number of unbranched alkanes of at least 4 members (excludes halogenated alkanes) is 1. The van der Waals surface area contributed by atoms with Crippen molar-refractivity contribution in [2.75, 3.05) is 23.6 Å². The molecule has 8 heteroatoms. The molecule has 0 radical (unpaired) electrons. The van der Waals surface area contributed by atoms with Gasteiger partial charge in [-0.15, -0.1) is 0 Å². The molecule has 3 rings (SSSR count). The molecular formula is C19H23N3O4S. The second-order valence-electron chi connectivity index (χ2n) is 6.14. The molecule has 0 fully saturated rings. The molecule has 0 unspecified atom stereocenters. The highest BCUT2D eigenvalue weighted by atomic mass is 32.2. The SMILES string of the molecule is CCCCc1ccc(S(=O)(=O)Nc2ccc(N3COC(OC)=N3)cc2)cc1. The number of nitrogens with zero attached hydrogens (tertiary/aromatic N) is 2. The van der Waals surface area contributed by atoms with Crippen LogP contribution in [0.2, 0.25) is 0 Å². The lowest BCUT2D eigenvalue weighted by Gasteiger charge is -2.13. The summed E-state index contributed by atoms with van der Waals surface area (Å²) >= 11 is 0. The first-order valence-corrected chi connectivity index (χ1v) is 10.2. The van der Waals surface area contributed by atoms with E-state index >= 15 is 0 Å². The number of hydrogen-bond donors (Lipinski definition) is 1. The number of nitrogens with one attached hydrogen (secondary N) is 1. The molecule has 1 aliphatic heterocycles. The molecule has 2 aromatic rings. The Kier molecular flexibility index (Phi) is 5.85. The van der Waals surface area contributed by atoms with Gasteiger partial charge in [0.25, 0.3) is 10.0 Å². The third-order valence-corrected chi connectivity index (χ3v) is 5.55. The van der Waals surface area contributed by atoms with Gasteiger partial charge in [0.15, 0.2) is 6.73 Å². The normalized spacial score (nSPS) is 13.9. The molecule has 2 aromatic carbocycles. The van der Waals surface area contributed by atoms with Crippen LogP contribution in [0, 0.1) is 0 Å². The van der Waals surface area contributed by atoms with Crippen LogP contribution in [-0.4, -0.2) is 28.3 Å². The second-order valence-corrected chi connectivity index (χ2v) is 7.83. The number of hydrogen-bond acceptors (Lipinski definition) is 6. The van der Waals surface area contributed by atoms with Gasteiger partial charge in [-0.25, -0.2) is 13.4 Å². The first-order chi connectivity index (χ1) is 13.0. The van der Waals surface area contributed by atoms with Gasteiger partial charge in [-0.2, -0.15) is 0 Å². The van der Waals surface area contributed by atoms with Crippen molar-refractivity contribution in [2.24, 2.45) is 5.10 Å². The predicted octanol–water partition coefficient (Wildman–Crippen LogP) is 3.54. The summed E-state index contributed by atoms with van der Waals surface area (Å²) in [5, 5.41) is 5.74. The van der Waals surface area contributed by atoms with E-state index < -0.39 is 10.0 Å². The van der Waals surface area contributed by atoms with Crippen LogP contribution in [0.1, 0.15) is 25.3 Å². The molecule has 0 aliphatic carbocycles. The Morgan fingerprint density at radius 1 is 1.15 bits per heavy atom. The van der Waals surface area contributed by atoms with Gasteiger partial charge in [-0.1, -0.05) is 30.6 Å². The van der Waals surface area contributed by atoms with E-state index in [1.807, 2.05) is 12.1 Å². The van der Waals surface area contributed by atoms with Gasteiger partial charge in [0.2, 0.25) is 0 Å². The summed E-state index contributed by atoms with van der Waals surface area (Å²) in [6.45, 7) is 2.38. The van der Waals surface area contributed by atoms with Crippen LogP contribution in [0.25, 0.3) is 0 Å². The summed E-state index contributed by atoms with van der Waals surface area (Å²) in [6, 6.07) is 13.9. The standard InChI is InChI=1S/C19H23N3O4S/c1-3-4-5-15-6-12-18(13-7-15)27(23,24)21-16-8-10-17(11-9-16)22-14-26-19(20-22)25-2/h6-13,21H,3-5,14H2,1-2H3. The van der Waals surface area contributed by atoms with Gasteiger partial charge in [-0.3, -0.25) is 4.72 Å². The Morgan fingerprint density at radius 2 is 1.85 bits per heavy atom. The van der Waals surface area contributed by atoms with Crippen LogP contribution >= 0.6 is 0 Å². The summed E-state index contributed by atoms with van der Waals surface area (Å²) in [6.07, 6.45) is 3.36. The number of aryl methyl sites for hydroxylation is 1. The van der Waals surface area contributed by atoms with Crippen LogP contribution in [-0.2, 0) is 25.9 Å². The van der Waals surface area contributed by atoms with E-state index in [2.05, 4.69) is 16.7 Å². The molecule has 144 valence electrons. The molecule has 7 nitrogen and oxygen atoms in total. The average molecular weight is 389 g/mol. The zero-order chi connectivity index (χ0) is 19.3. The first kappa shape index (κ1) is 19.0. The first-order valence-electron chi connectivity index (χ1n) is 8.76. The number of ether oxygens (including phenoxy) is 2. The molecule has 0 saturated heterocycles. The molecule has 1 N–H and O–H groups in total. The number of anilines is 2. The lowest BCUT2D eigenvalue weighted by molar-refractivity contribution is 0.225. The molecule has 0 amide bonds. The van der Waals surface area contributed by atoms with Gasteiger partial charge in [0.1, 0.15) is 0 Å². The Hall–Kier alpha value is -2.74. The number of hydrazone groups is 1. The van der Waals surface area contributed by atoms with Crippen LogP contribution in [0.3, 0.4) is 0 Å². The topological polar surface area (TPSA) is 80.2 Å². The summed E-state index contributed by atoms with van der Waals surface area (Å²) in [7, 11) is -2.15. The monoisotopic (exact) mass is 389 g/mol. The highest BCUT2D eigenvalue weighted by Gasteiger charge is 2.18. The zero-order valence-electron chi connectivity index (χ0n) is 15.4. The minimum Gasteiger partial charge on any atom is -0.453 e. The summed E-state index contributed by atoms with van der Waals surface area (Å²) < 4.78 is 37.9. The number of methoxy groups -OCH3 is 1. The summed E-state index contributed by atoms with van der Waals surface area (Å²) in [5.41, 5.74) is 2.39. The Balaban J connectivity index is 1.68. The summed E-state index contributed by atoms with van der Waals surface area (Å²) in [4.78, 5) is 0.245. The average Bonchev–Trinajstić information content (AvgIpc) is 3.16. The van der Waals surface area contributed by atoms with E-state index in [0.29, 0.717) is 5.69 Å². The molecule has 1 aliphatic rings. The predicted molar refractivity (Wildman–Crippen MR) is 105 cm³/mol. The van der Waals surface area contributed by atoms with Crippen molar-refractivity contribution in [1.82, 2.24) is 0 Å². The van der Waals surface area contributed by atoms with Crippen molar-refractivity contribution >= 4 is 27.5 Å². The molecular weight excluding hydrogens is 366 g/mol. The Morgan fingerprint density at radius 3 is 2.44 bits per heavy atom. The number of benzene rings is 2. The maximum atomic E-state index is 12.6. The fourth-order valence-corrected chi connectivity index (χ4v) is 3.70. The van der Waals surface area contributed by atoms with E-state index in [9.17, 15) is 8.42 Å². The Bertz CT molecular complexity index is 894. The maximum absolute atomic E-state index is 12.6. The fraction of sp³-hybridized carbons (Fsp3) is 0.316. The van der Waals surface area contributed by atoms with Crippen molar-refractivity contribution in [3.63, 3.8) is 0 Å². The smallest absolute Gasteiger partial charge is 0.407 e. The lowest BCUT2D eigenvalue weighted by Crippen LogP contribution is -2.14. The van der Waals surface area contributed by atoms with Crippen LogP contribution in [0.5, 0.6) is 0 Å². The molecule has 0 saturated carbocycles. The third kappa shape index (κ3) is 4.71. The lowest BCUT2D eigenvalue weighted by atomic mass is 10.1. The van der Waals surface area contributed by atoms with E-state index in [1.165, 1.54) is 7.11 Å². The van der Waals surface area contributed by atoms with Gasteiger partial charge >= 0.3 is 6.08 Å². The van der Waals surface area contributed by atoms with Crippen molar-refractivity contribution in [2.45, 2.75) is 31.1 Å². The van der Waals surface area contributed by atoms with Gasteiger partial charge in [0.05, 0.1) is 17.7 Å². The van der Waals surface area contributed by atoms with Gasteiger partial charge in [-0.05, 0) is 54.8 Å². The largest absolute Gasteiger partial charge is 0.453 e. The van der Waals surface area contributed by atoms with Crippen LogP contribution < -0.4 is 9.73 Å². The number of rotatable bonds is 7. The van der Waals surface area contributed by atoms with Crippen LogP contribution in [0.15, 0.2) is 58.5 Å². The van der Waals surface area contributed by atoms with Crippen molar-refractivity contribution < 1.29 is 17.9 Å².